The van der Waals surface area contributed by atoms with Crippen molar-refractivity contribution in [2.75, 3.05) is 11.5 Å². The van der Waals surface area contributed by atoms with Gasteiger partial charge in [-0.05, 0) is 23.6 Å². The van der Waals surface area contributed by atoms with Crippen LogP contribution < -0.4 is 0 Å². The van der Waals surface area contributed by atoms with Crippen molar-refractivity contribution in [2.45, 2.75) is 39.5 Å². The molecule has 0 radical (unpaired) electrons. The summed E-state index contributed by atoms with van der Waals surface area (Å²) in [5, 5.41) is 0. The number of rotatable bonds is 7. The molecule has 0 atom stereocenters. The number of unbranched alkanes of at least 4 members (excludes halogenated alkanes) is 2. The molecule has 2 nitrogen and oxygen atoms in total. The van der Waals surface area contributed by atoms with Crippen LogP contribution in [-0.2, 0) is 8.87 Å². The number of hydrogen-bond donors (Lipinski definition) is 0. The quantitative estimate of drug-likeness (QED) is 0.478. The van der Waals surface area contributed by atoms with Gasteiger partial charge in [0.25, 0.3) is 0 Å². The fraction of sp³-hybridized carbons (Fsp3) is 1.00. The van der Waals surface area contributed by atoms with Gasteiger partial charge < -0.3 is 0 Å². The summed E-state index contributed by atoms with van der Waals surface area (Å²) < 4.78 is 22.5. The summed E-state index contributed by atoms with van der Waals surface area (Å²) in [6.45, 7) is 4.07. The molecule has 0 aromatic rings. The summed E-state index contributed by atoms with van der Waals surface area (Å²) in [4.78, 5) is 0. The lowest BCUT2D eigenvalue weighted by Gasteiger charge is -2.00. The van der Waals surface area contributed by atoms with Crippen LogP contribution in [0.15, 0.2) is 0 Å². The Labute approximate surface area is 79.4 Å². The molecular weight excluding hydrogens is 192 g/mol. The third-order valence-corrected chi connectivity index (χ3v) is 5.19. The third kappa shape index (κ3) is 6.98. The molecule has 0 aliphatic rings. The summed E-state index contributed by atoms with van der Waals surface area (Å²) in [6.07, 6.45) is 3.81. The van der Waals surface area contributed by atoms with Crippen LogP contribution in [0.1, 0.15) is 39.5 Å². The Morgan fingerprint density at radius 1 is 1.08 bits per heavy atom. The normalized spacial score (nSPS) is 11.8. The van der Waals surface area contributed by atoms with Crippen molar-refractivity contribution in [3.05, 3.63) is 0 Å². The molecular formula is C8H18O2S2. The van der Waals surface area contributed by atoms with Crippen molar-refractivity contribution in [2.24, 2.45) is 0 Å². The van der Waals surface area contributed by atoms with Crippen molar-refractivity contribution in [3.63, 3.8) is 0 Å². The van der Waals surface area contributed by atoms with E-state index in [-0.39, 0.29) is 0 Å². The van der Waals surface area contributed by atoms with E-state index in [4.69, 9.17) is 0 Å². The zero-order valence-electron chi connectivity index (χ0n) is 7.88. The first-order valence-corrected chi connectivity index (χ1v) is 7.65. The molecule has 0 aromatic heterocycles. The van der Waals surface area contributed by atoms with Gasteiger partial charge in [0, 0.05) is 5.75 Å². The first-order valence-electron chi connectivity index (χ1n) is 4.49. The average Bonchev–Trinajstić information content (AvgIpc) is 2.01. The highest BCUT2D eigenvalue weighted by Gasteiger charge is 2.09. The van der Waals surface area contributed by atoms with Crippen molar-refractivity contribution >= 4 is 19.7 Å². The summed E-state index contributed by atoms with van der Waals surface area (Å²) in [7, 11) is -1.68. The topological polar surface area (TPSA) is 34.1 Å². The lowest BCUT2D eigenvalue weighted by molar-refractivity contribution is 0.607. The van der Waals surface area contributed by atoms with Crippen LogP contribution >= 0.6 is 10.8 Å². The Kier molecular flexibility index (Phi) is 6.95. The highest BCUT2D eigenvalue weighted by Crippen LogP contribution is 2.16. The molecule has 0 saturated carbocycles. The minimum absolute atomic E-state index is 0.345. The predicted octanol–water partition coefficient (Wildman–Crippen LogP) is 2.65. The van der Waals surface area contributed by atoms with E-state index in [9.17, 15) is 8.42 Å². The monoisotopic (exact) mass is 210 g/mol. The van der Waals surface area contributed by atoms with E-state index < -0.39 is 8.87 Å². The molecule has 0 aliphatic carbocycles. The van der Waals surface area contributed by atoms with Crippen LogP contribution in [0.3, 0.4) is 0 Å². The van der Waals surface area contributed by atoms with E-state index in [1.54, 1.807) is 0 Å². The van der Waals surface area contributed by atoms with Gasteiger partial charge in [0.1, 0.15) is 0 Å². The van der Waals surface area contributed by atoms with Gasteiger partial charge in [-0.2, -0.15) is 0 Å². The van der Waals surface area contributed by atoms with Gasteiger partial charge in [-0.15, -0.1) is 0 Å². The van der Waals surface area contributed by atoms with Crippen LogP contribution in [-0.4, -0.2) is 19.9 Å². The van der Waals surface area contributed by atoms with Crippen molar-refractivity contribution in [1.29, 1.82) is 0 Å². The largest absolute Gasteiger partial charge is 0.217 e. The van der Waals surface area contributed by atoms with E-state index in [2.05, 4.69) is 6.92 Å². The van der Waals surface area contributed by atoms with Crippen LogP contribution in [0.25, 0.3) is 0 Å². The standard InChI is InChI=1S/C8H18O2S2/c1-3-5-7-11-12(9,10)8-6-4-2/h3-8H2,1-2H3. The zero-order valence-corrected chi connectivity index (χ0v) is 9.51. The molecule has 0 unspecified atom stereocenters. The van der Waals surface area contributed by atoms with Gasteiger partial charge in [-0.1, -0.05) is 26.7 Å². The van der Waals surface area contributed by atoms with Crippen molar-refractivity contribution in [1.82, 2.24) is 0 Å². The predicted molar refractivity (Wildman–Crippen MR) is 56.1 cm³/mol. The maximum absolute atomic E-state index is 11.2. The minimum Gasteiger partial charge on any atom is -0.217 e. The van der Waals surface area contributed by atoms with Gasteiger partial charge >= 0.3 is 0 Å². The molecule has 4 heteroatoms. The highest BCUT2D eigenvalue weighted by molar-refractivity contribution is 8.72. The van der Waals surface area contributed by atoms with E-state index >= 15 is 0 Å². The second-order valence-corrected chi connectivity index (χ2v) is 7.19. The molecule has 0 aromatic carbocycles. The number of hydrogen-bond acceptors (Lipinski definition) is 3. The summed E-state index contributed by atoms with van der Waals surface area (Å²) in [5.74, 6) is 1.10. The Morgan fingerprint density at radius 2 is 1.67 bits per heavy atom. The maximum atomic E-state index is 11.2. The van der Waals surface area contributed by atoms with Crippen LogP contribution in [0, 0.1) is 0 Å². The van der Waals surface area contributed by atoms with Gasteiger partial charge in [-0.3, -0.25) is 0 Å². The third-order valence-electron chi connectivity index (χ3n) is 1.51. The van der Waals surface area contributed by atoms with Crippen molar-refractivity contribution < 1.29 is 8.42 Å². The second kappa shape index (κ2) is 6.78. The molecule has 0 fully saturated rings. The zero-order chi connectivity index (χ0) is 9.45. The SMILES string of the molecule is CCCCSS(=O)(=O)CCCC. The molecule has 0 N–H and O–H groups in total. The Balaban J connectivity index is 3.58. The van der Waals surface area contributed by atoms with E-state index in [0.717, 1.165) is 42.2 Å². The molecule has 0 bridgehead atoms. The Morgan fingerprint density at radius 3 is 2.17 bits per heavy atom. The average molecular weight is 210 g/mol. The van der Waals surface area contributed by atoms with Crippen LogP contribution in [0.4, 0.5) is 0 Å². The molecule has 0 saturated heterocycles. The van der Waals surface area contributed by atoms with Gasteiger partial charge in [0.2, 0.25) is 8.87 Å². The summed E-state index contributed by atoms with van der Waals surface area (Å²) >= 11 is 0. The lowest BCUT2D eigenvalue weighted by atomic mass is 10.4. The maximum Gasteiger partial charge on any atom is 0.201 e. The minimum atomic E-state index is -2.80. The van der Waals surface area contributed by atoms with E-state index in [1.807, 2.05) is 6.92 Å². The second-order valence-electron chi connectivity index (χ2n) is 2.79. The van der Waals surface area contributed by atoms with Gasteiger partial charge in [-0.25, -0.2) is 8.42 Å². The lowest BCUT2D eigenvalue weighted by Crippen LogP contribution is -2.01. The van der Waals surface area contributed by atoms with Gasteiger partial charge in [0.05, 0.1) is 5.75 Å². The first-order chi connectivity index (χ1) is 5.62. The molecule has 12 heavy (non-hydrogen) atoms. The Hall–Kier alpha value is 0.300. The molecule has 74 valence electrons. The fourth-order valence-corrected chi connectivity index (χ4v) is 3.95. The van der Waals surface area contributed by atoms with E-state index in [1.165, 1.54) is 0 Å². The molecule has 0 spiro atoms. The van der Waals surface area contributed by atoms with Crippen LogP contribution in [0.2, 0.25) is 0 Å². The molecule has 0 amide bonds. The fourth-order valence-electron chi connectivity index (χ4n) is 0.710. The smallest absolute Gasteiger partial charge is 0.201 e. The van der Waals surface area contributed by atoms with E-state index in [0.29, 0.717) is 5.75 Å². The van der Waals surface area contributed by atoms with Crippen molar-refractivity contribution in [3.8, 4) is 0 Å². The highest BCUT2D eigenvalue weighted by atomic mass is 33.1. The van der Waals surface area contributed by atoms with Crippen LogP contribution in [0.5, 0.6) is 0 Å². The molecule has 0 aliphatic heterocycles. The summed E-state index contributed by atoms with van der Waals surface area (Å²) in [5.41, 5.74) is 0. The van der Waals surface area contributed by atoms with Gasteiger partial charge in [0.15, 0.2) is 0 Å². The molecule has 0 heterocycles. The summed E-state index contributed by atoms with van der Waals surface area (Å²) in [6, 6.07) is 0. The Bertz CT molecular complexity index is 185. The molecule has 0 rings (SSSR count). The first kappa shape index (κ1) is 12.3.